The minimum Gasteiger partial charge on any atom is -0.399 e. The van der Waals surface area contributed by atoms with Gasteiger partial charge in [0.2, 0.25) is 11.8 Å². The lowest BCUT2D eigenvalue weighted by molar-refractivity contribution is -0.134. The Balaban J connectivity index is 1.82. The number of nitrogens with zero attached hydrogens (tertiary/aromatic N) is 2. The van der Waals surface area contributed by atoms with E-state index in [1.54, 1.807) is 24.1 Å². The summed E-state index contributed by atoms with van der Waals surface area (Å²) < 4.78 is 0. The summed E-state index contributed by atoms with van der Waals surface area (Å²) in [5.74, 6) is 0.0448. The first-order chi connectivity index (χ1) is 9.95. The highest BCUT2D eigenvalue weighted by Gasteiger charge is 2.21. The van der Waals surface area contributed by atoms with Crippen molar-refractivity contribution < 1.29 is 9.59 Å². The standard InChI is InChI=1S/C15H22N4O2/c1-11-3-4-12(16)9-13(11)17-14(20)5-6-19-8-7-18(2)15(21)10-19/h3-4,9H,5-8,10,16H2,1-2H3,(H,17,20). The van der Waals surface area contributed by atoms with Gasteiger partial charge in [-0.15, -0.1) is 0 Å². The van der Waals surface area contributed by atoms with Gasteiger partial charge in [-0.3, -0.25) is 14.5 Å². The van der Waals surface area contributed by atoms with Crippen LogP contribution in [-0.4, -0.2) is 54.8 Å². The number of hydrogen-bond donors (Lipinski definition) is 2. The number of carbonyl (C=O) groups excluding carboxylic acids is 2. The lowest BCUT2D eigenvalue weighted by Gasteiger charge is -2.31. The Hall–Kier alpha value is -2.08. The maximum absolute atomic E-state index is 12.0. The van der Waals surface area contributed by atoms with E-state index in [4.69, 9.17) is 5.73 Å². The fourth-order valence-electron chi connectivity index (χ4n) is 2.24. The molecule has 0 atom stereocenters. The number of aryl methyl sites for hydroxylation is 1. The van der Waals surface area contributed by atoms with Crippen LogP contribution in [0.25, 0.3) is 0 Å². The van der Waals surface area contributed by atoms with Crippen LogP contribution >= 0.6 is 0 Å². The molecular formula is C15H22N4O2. The van der Waals surface area contributed by atoms with Gasteiger partial charge in [0.25, 0.3) is 0 Å². The fraction of sp³-hybridized carbons (Fsp3) is 0.467. The summed E-state index contributed by atoms with van der Waals surface area (Å²) >= 11 is 0. The summed E-state index contributed by atoms with van der Waals surface area (Å²) in [5, 5.41) is 2.87. The summed E-state index contributed by atoms with van der Waals surface area (Å²) in [4.78, 5) is 27.3. The van der Waals surface area contributed by atoms with Gasteiger partial charge in [-0.25, -0.2) is 0 Å². The van der Waals surface area contributed by atoms with Crippen molar-refractivity contribution >= 4 is 23.2 Å². The zero-order valence-corrected chi connectivity index (χ0v) is 12.6. The van der Waals surface area contributed by atoms with Gasteiger partial charge in [0.1, 0.15) is 0 Å². The summed E-state index contributed by atoms with van der Waals surface area (Å²) in [5.41, 5.74) is 8.07. The van der Waals surface area contributed by atoms with E-state index in [1.807, 2.05) is 17.9 Å². The number of piperazine rings is 1. The van der Waals surface area contributed by atoms with Gasteiger partial charge in [-0.05, 0) is 24.6 Å². The topological polar surface area (TPSA) is 78.7 Å². The van der Waals surface area contributed by atoms with Crippen LogP contribution in [0.5, 0.6) is 0 Å². The Labute approximate surface area is 124 Å². The molecule has 0 spiro atoms. The first-order valence-corrected chi connectivity index (χ1v) is 7.08. The molecule has 0 bridgehead atoms. The maximum Gasteiger partial charge on any atom is 0.236 e. The molecule has 6 nitrogen and oxygen atoms in total. The molecule has 0 radical (unpaired) electrons. The maximum atomic E-state index is 12.0. The number of nitrogen functional groups attached to an aromatic ring is 1. The third-order valence-electron chi connectivity index (χ3n) is 3.73. The molecule has 21 heavy (non-hydrogen) atoms. The summed E-state index contributed by atoms with van der Waals surface area (Å²) in [6.45, 7) is 4.43. The Morgan fingerprint density at radius 3 is 2.86 bits per heavy atom. The first-order valence-electron chi connectivity index (χ1n) is 7.08. The average Bonchev–Trinajstić information content (AvgIpc) is 2.44. The van der Waals surface area contributed by atoms with Gasteiger partial charge in [-0.1, -0.05) is 6.07 Å². The van der Waals surface area contributed by atoms with Gasteiger partial charge in [0, 0.05) is 44.5 Å². The second kappa shape index (κ2) is 6.58. The van der Waals surface area contributed by atoms with E-state index in [1.165, 1.54) is 0 Å². The highest BCUT2D eigenvalue weighted by Crippen LogP contribution is 2.18. The third kappa shape index (κ3) is 4.19. The summed E-state index contributed by atoms with van der Waals surface area (Å²) in [6, 6.07) is 5.44. The molecule has 0 saturated carbocycles. The number of nitrogens with two attached hydrogens (primary N) is 1. The Morgan fingerprint density at radius 2 is 2.14 bits per heavy atom. The summed E-state index contributed by atoms with van der Waals surface area (Å²) in [7, 11) is 1.80. The molecule has 114 valence electrons. The Bertz CT molecular complexity index is 544. The monoisotopic (exact) mass is 290 g/mol. The molecule has 1 aliphatic rings. The molecule has 1 aliphatic heterocycles. The predicted molar refractivity (Wildman–Crippen MR) is 82.9 cm³/mol. The van der Waals surface area contributed by atoms with Gasteiger partial charge in [-0.2, -0.15) is 0 Å². The molecule has 0 aromatic heterocycles. The van der Waals surface area contributed by atoms with Gasteiger partial charge in [0.05, 0.1) is 6.54 Å². The van der Waals surface area contributed by atoms with Crippen molar-refractivity contribution in [3.63, 3.8) is 0 Å². The molecular weight excluding hydrogens is 268 g/mol. The molecule has 1 saturated heterocycles. The van der Waals surface area contributed by atoms with Crippen LogP contribution in [0.1, 0.15) is 12.0 Å². The van der Waals surface area contributed by atoms with Crippen LogP contribution in [0, 0.1) is 6.92 Å². The number of rotatable bonds is 4. The third-order valence-corrected chi connectivity index (χ3v) is 3.73. The van der Waals surface area contributed by atoms with E-state index in [9.17, 15) is 9.59 Å². The van der Waals surface area contributed by atoms with E-state index in [0.717, 1.165) is 24.3 Å². The Morgan fingerprint density at radius 1 is 1.38 bits per heavy atom. The van der Waals surface area contributed by atoms with Gasteiger partial charge in [0.15, 0.2) is 0 Å². The molecule has 6 heteroatoms. The van der Waals surface area contributed by atoms with E-state index < -0.39 is 0 Å². The van der Waals surface area contributed by atoms with Crippen molar-refractivity contribution in [2.75, 3.05) is 44.3 Å². The van der Waals surface area contributed by atoms with Crippen LogP contribution in [0.15, 0.2) is 18.2 Å². The van der Waals surface area contributed by atoms with Crippen LogP contribution < -0.4 is 11.1 Å². The number of hydrogen-bond acceptors (Lipinski definition) is 4. The predicted octanol–water partition coefficient (Wildman–Crippen LogP) is 0.680. The second-order valence-corrected chi connectivity index (χ2v) is 5.46. The number of benzene rings is 1. The normalized spacial score (nSPS) is 16.1. The lowest BCUT2D eigenvalue weighted by atomic mass is 10.2. The van der Waals surface area contributed by atoms with Gasteiger partial charge < -0.3 is 16.0 Å². The van der Waals surface area contributed by atoms with E-state index in [2.05, 4.69) is 5.32 Å². The molecule has 3 N–H and O–H groups in total. The molecule has 0 aliphatic carbocycles. The highest BCUT2D eigenvalue weighted by atomic mass is 16.2. The van der Waals surface area contributed by atoms with Crippen LogP contribution in [0.4, 0.5) is 11.4 Å². The van der Waals surface area contributed by atoms with Crippen molar-refractivity contribution in [1.29, 1.82) is 0 Å². The molecule has 0 unspecified atom stereocenters. The zero-order valence-electron chi connectivity index (χ0n) is 12.6. The smallest absolute Gasteiger partial charge is 0.236 e. The SMILES string of the molecule is Cc1ccc(N)cc1NC(=O)CCN1CCN(C)C(=O)C1. The number of likely N-dealkylation sites (N-methyl/N-ethyl adjacent to an activating group) is 1. The zero-order chi connectivity index (χ0) is 15.4. The summed E-state index contributed by atoms with van der Waals surface area (Å²) in [6.07, 6.45) is 0.366. The molecule has 1 fully saturated rings. The van der Waals surface area contributed by atoms with Gasteiger partial charge >= 0.3 is 0 Å². The van der Waals surface area contributed by atoms with E-state index >= 15 is 0 Å². The molecule has 1 aromatic rings. The van der Waals surface area contributed by atoms with Crippen molar-refractivity contribution in [3.05, 3.63) is 23.8 Å². The number of anilines is 2. The van der Waals surface area contributed by atoms with Crippen molar-refractivity contribution in [2.24, 2.45) is 0 Å². The van der Waals surface area contributed by atoms with Crippen LogP contribution in [0.3, 0.4) is 0 Å². The molecule has 2 rings (SSSR count). The number of amides is 2. The largest absolute Gasteiger partial charge is 0.399 e. The highest BCUT2D eigenvalue weighted by molar-refractivity contribution is 5.92. The lowest BCUT2D eigenvalue weighted by Crippen LogP contribution is -2.49. The minimum atomic E-state index is -0.0601. The van der Waals surface area contributed by atoms with Crippen molar-refractivity contribution in [3.8, 4) is 0 Å². The van der Waals surface area contributed by atoms with E-state index in [0.29, 0.717) is 25.2 Å². The second-order valence-electron chi connectivity index (χ2n) is 5.46. The molecule has 2 amide bonds. The number of carbonyl (C=O) groups is 2. The fourth-order valence-corrected chi connectivity index (χ4v) is 2.24. The van der Waals surface area contributed by atoms with Crippen molar-refractivity contribution in [1.82, 2.24) is 9.80 Å². The Kier molecular flexibility index (Phi) is 4.80. The molecule has 1 heterocycles. The van der Waals surface area contributed by atoms with E-state index in [-0.39, 0.29) is 11.8 Å². The molecule has 1 aromatic carbocycles. The first kappa shape index (κ1) is 15.3. The van der Waals surface area contributed by atoms with Crippen molar-refractivity contribution in [2.45, 2.75) is 13.3 Å². The van der Waals surface area contributed by atoms with Crippen LogP contribution in [-0.2, 0) is 9.59 Å². The van der Waals surface area contributed by atoms with Crippen LogP contribution in [0.2, 0.25) is 0 Å². The number of nitrogens with one attached hydrogen (secondary N) is 1. The quantitative estimate of drug-likeness (QED) is 0.799. The average molecular weight is 290 g/mol. The minimum absolute atomic E-state index is 0.0601.